The second-order valence-corrected chi connectivity index (χ2v) is 7.51. The molecule has 0 bridgehead atoms. The molecule has 1 saturated heterocycles. The van der Waals surface area contributed by atoms with E-state index < -0.39 is 0 Å². The van der Waals surface area contributed by atoms with Crippen LogP contribution in [-0.2, 0) is 4.79 Å². The van der Waals surface area contributed by atoms with Crippen molar-refractivity contribution in [1.82, 2.24) is 5.32 Å². The van der Waals surface area contributed by atoms with Crippen molar-refractivity contribution in [3.05, 3.63) is 35.9 Å². The minimum absolute atomic E-state index is 0.234. The fourth-order valence-corrected chi connectivity index (χ4v) is 3.45. The van der Waals surface area contributed by atoms with Gasteiger partial charge in [0.2, 0.25) is 5.91 Å². The van der Waals surface area contributed by atoms with Gasteiger partial charge in [-0.25, -0.2) is 0 Å². The van der Waals surface area contributed by atoms with Crippen molar-refractivity contribution in [1.29, 1.82) is 0 Å². The summed E-state index contributed by atoms with van der Waals surface area (Å²) in [4.78, 5) is 13.9. The molecule has 3 nitrogen and oxygen atoms in total. The van der Waals surface area contributed by atoms with Crippen LogP contribution in [0.1, 0.15) is 51.5 Å². The minimum atomic E-state index is 0.234. The van der Waals surface area contributed by atoms with Gasteiger partial charge in [0.25, 0.3) is 0 Å². The van der Waals surface area contributed by atoms with Crippen LogP contribution in [0, 0.1) is 11.8 Å². The Morgan fingerprint density at radius 3 is 2.43 bits per heavy atom. The Morgan fingerprint density at radius 1 is 1.17 bits per heavy atom. The van der Waals surface area contributed by atoms with Crippen LogP contribution in [0.2, 0.25) is 0 Å². The molecule has 0 saturated carbocycles. The average Bonchev–Trinajstić information content (AvgIpc) is 2.56. The first-order valence-electron chi connectivity index (χ1n) is 9.22. The fraction of sp³-hybridized carbons (Fsp3) is 0.650. The number of likely N-dealkylation sites (tertiary alicyclic amines) is 1. The highest BCUT2D eigenvalue weighted by molar-refractivity contribution is 5.78. The molecule has 1 aromatic rings. The molecule has 0 aliphatic carbocycles. The maximum atomic E-state index is 12.2. The number of rotatable bonds is 7. The lowest BCUT2D eigenvalue weighted by atomic mass is 9.94. The average molecular weight is 317 g/mol. The third-order valence-corrected chi connectivity index (χ3v) is 5.05. The van der Waals surface area contributed by atoms with E-state index in [-0.39, 0.29) is 11.8 Å². The molecule has 3 heteroatoms. The summed E-state index contributed by atoms with van der Waals surface area (Å²) < 4.78 is 0. The van der Waals surface area contributed by atoms with Crippen LogP contribution in [0.25, 0.3) is 0 Å². The third kappa shape index (κ3) is 5.98. The molecule has 1 amide bonds. The highest BCUT2D eigenvalue weighted by Crippen LogP contribution is 2.14. The summed E-state index contributed by atoms with van der Waals surface area (Å²) in [7, 11) is 0. The zero-order valence-corrected chi connectivity index (χ0v) is 15.0. The van der Waals surface area contributed by atoms with Gasteiger partial charge in [0.05, 0.1) is 19.6 Å². The van der Waals surface area contributed by atoms with E-state index in [0.29, 0.717) is 11.8 Å². The van der Waals surface area contributed by atoms with Gasteiger partial charge in [-0.3, -0.25) is 4.79 Å². The Balaban J connectivity index is 1.70. The van der Waals surface area contributed by atoms with Gasteiger partial charge in [-0.15, -0.1) is 0 Å². The van der Waals surface area contributed by atoms with Crippen LogP contribution in [0.15, 0.2) is 30.3 Å². The Kier molecular flexibility index (Phi) is 7.10. The van der Waals surface area contributed by atoms with Gasteiger partial charge in [0.15, 0.2) is 0 Å². The van der Waals surface area contributed by atoms with Crippen molar-refractivity contribution in [2.24, 2.45) is 11.8 Å². The van der Waals surface area contributed by atoms with Crippen molar-refractivity contribution >= 4 is 5.91 Å². The second-order valence-electron chi connectivity index (χ2n) is 7.51. The van der Waals surface area contributed by atoms with Crippen molar-refractivity contribution in [2.75, 3.05) is 26.2 Å². The summed E-state index contributed by atoms with van der Waals surface area (Å²) >= 11 is 0. The Bertz CT molecular complexity index is 464. The predicted octanol–water partition coefficient (Wildman–Crippen LogP) is 2.25. The lowest BCUT2D eigenvalue weighted by Gasteiger charge is -2.30. The van der Waals surface area contributed by atoms with Crippen LogP contribution < -0.4 is 10.2 Å². The van der Waals surface area contributed by atoms with E-state index in [1.165, 1.54) is 12.1 Å². The minimum Gasteiger partial charge on any atom is -0.356 e. The van der Waals surface area contributed by atoms with E-state index in [9.17, 15) is 4.79 Å². The smallest absolute Gasteiger partial charge is 0.223 e. The number of nitrogens with one attached hydrogen (secondary N) is 2. The molecule has 0 aromatic heterocycles. The molecule has 23 heavy (non-hydrogen) atoms. The van der Waals surface area contributed by atoms with Gasteiger partial charge < -0.3 is 10.2 Å². The molecule has 1 fully saturated rings. The highest BCUT2D eigenvalue weighted by atomic mass is 16.1. The predicted molar refractivity (Wildman–Crippen MR) is 95.6 cm³/mol. The molecule has 1 atom stereocenters. The van der Waals surface area contributed by atoms with Crippen molar-refractivity contribution in [2.45, 2.75) is 46.0 Å². The van der Waals surface area contributed by atoms with E-state index in [1.807, 2.05) is 0 Å². The Morgan fingerprint density at radius 2 is 1.83 bits per heavy atom. The molecule has 0 spiro atoms. The molecule has 1 aliphatic heterocycles. The number of hydrogen-bond acceptors (Lipinski definition) is 1. The van der Waals surface area contributed by atoms with Crippen LogP contribution in [0.5, 0.6) is 0 Å². The maximum absolute atomic E-state index is 12.2. The van der Waals surface area contributed by atoms with Gasteiger partial charge >= 0.3 is 0 Å². The van der Waals surface area contributed by atoms with E-state index in [1.54, 1.807) is 4.90 Å². The van der Waals surface area contributed by atoms with Gasteiger partial charge in [-0.05, 0) is 17.9 Å². The van der Waals surface area contributed by atoms with Gasteiger partial charge in [-0.2, -0.15) is 0 Å². The van der Waals surface area contributed by atoms with E-state index in [0.717, 1.165) is 38.9 Å². The van der Waals surface area contributed by atoms with Crippen LogP contribution >= 0.6 is 0 Å². The monoisotopic (exact) mass is 317 g/mol. The number of hydrogen-bond donors (Lipinski definition) is 2. The van der Waals surface area contributed by atoms with Crippen LogP contribution in [-0.4, -0.2) is 32.1 Å². The molecule has 0 radical (unpaired) electrons. The lowest BCUT2D eigenvalue weighted by molar-refractivity contribution is -0.907. The van der Waals surface area contributed by atoms with Crippen molar-refractivity contribution in [3.8, 4) is 0 Å². The molecule has 2 N–H and O–H groups in total. The molecular formula is C20H33N2O+. The number of benzene rings is 1. The summed E-state index contributed by atoms with van der Waals surface area (Å²) in [5, 5.41) is 3.12. The lowest BCUT2D eigenvalue weighted by Crippen LogP contribution is -3.13. The number of amides is 1. The molecule has 0 unspecified atom stereocenters. The second kappa shape index (κ2) is 9.07. The van der Waals surface area contributed by atoms with E-state index >= 15 is 0 Å². The first kappa shape index (κ1) is 18.0. The Hall–Kier alpha value is -1.35. The number of carbonyl (C=O) groups excluding carboxylic acids is 1. The molecule has 128 valence electrons. The van der Waals surface area contributed by atoms with E-state index in [4.69, 9.17) is 0 Å². The summed E-state index contributed by atoms with van der Waals surface area (Å²) in [6, 6.07) is 10.8. The van der Waals surface area contributed by atoms with Crippen molar-refractivity contribution in [3.63, 3.8) is 0 Å². The Labute approximate surface area is 141 Å². The van der Waals surface area contributed by atoms with Gasteiger partial charge in [0, 0.05) is 31.2 Å². The highest BCUT2D eigenvalue weighted by Gasteiger charge is 2.28. The molecule has 1 heterocycles. The first-order valence-corrected chi connectivity index (χ1v) is 9.22. The maximum Gasteiger partial charge on any atom is 0.223 e. The summed E-state index contributed by atoms with van der Waals surface area (Å²) in [5.74, 6) is 1.75. The van der Waals surface area contributed by atoms with E-state index in [2.05, 4.69) is 56.4 Å². The molecular weight excluding hydrogens is 284 g/mol. The quantitative estimate of drug-likeness (QED) is 0.794. The number of piperidine rings is 1. The zero-order valence-electron chi connectivity index (χ0n) is 15.0. The standard InChI is InChI=1S/C20H32N2O/c1-16(2)9-12-21-20(23)19-10-13-22(14-11-19)15-17(3)18-7-5-4-6-8-18/h4-8,16-17,19H,9-15H2,1-3H3,(H,21,23)/p+1/t17-/m0/s1. The topological polar surface area (TPSA) is 33.5 Å². The molecule has 1 aliphatic rings. The molecule has 2 rings (SSSR count). The molecule has 1 aromatic carbocycles. The SMILES string of the molecule is CC(C)CCNC(=O)C1CC[NH+](C[C@H](C)c2ccccc2)CC1. The largest absolute Gasteiger partial charge is 0.356 e. The van der Waals surface area contributed by atoms with Gasteiger partial charge in [-0.1, -0.05) is 51.1 Å². The normalized spacial score (nSPS) is 22.8. The summed E-state index contributed by atoms with van der Waals surface area (Å²) in [5.41, 5.74) is 1.42. The van der Waals surface area contributed by atoms with Gasteiger partial charge in [0.1, 0.15) is 0 Å². The summed E-state index contributed by atoms with van der Waals surface area (Å²) in [6.45, 7) is 11.0. The van der Waals surface area contributed by atoms with Crippen LogP contribution in [0.4, 0.5) is 0 Å². The summed E-state index contributed by atoms with van der Waals surface area (Å²) in [6.07, 6.45) is 3.14. The first-order chi connectivity index (χ1) is 11.1. The zero-order chi connectivity index (χ0) is 16.7. The number of quaternary nitrogens is 1. The third-order valence-electron chi connectivity index (χ3n) is 5.05. The fourth-order valence-electron chi connectivity index (χ4n) is 3.45. The van der Waals surface area contributed by atoms with Crippen LogP contribution in [0.3, 0.4) is 0 Å². The van der Waals surface area contributed by atoms with Crippen molar-refractivity contribution < 1.29 is 9.69 Å². The number of carbonyl (C=O) groups is 1.